The summed E-state index contributed by atoms with van der Waals surface area (Å²) in [7, 11) is 0. The number of carbonyl (C=O) groups is 1. The lowest BCUT2D eigenvalue weighted by Crippen LogP contribution is -2.61. The van der Waals surface area contributed by atoms with Gasteiger partial charge in [-0.3, -0.25) is 4.79 Å². The molecule has 0 aliphatic heterocycles. The normalized spacial score (nSPS) is 13.4. The molecule has 0 saturated heterocycles. The standard InChI is InChI=1S/C11H8F8N2O/c1-5-3-2-4-20-6(5)21-8(22)10(16,17)11(18,19)9(14,15)7(12)13/h2-4,7H,1H3,(H,20,21,22). The zero-order valence-corrected chi connectivity index (χ0v) is 10.7. The summed E-state index contributed by atoms with van der Waals surface area (Å²) in [5, 5.41) is 1.21. The Labute approximate surface area is 118 Å². The Morgan fingerprint density at radius 2 is 1.73 bits per heavy atom. The predicted molar refractivity (Wildman–Crippen MR) is 58.4 cm³/mol. The number of anilines is 1. The van der Waals surface area contributed by atoms with Gasteiger partial charge in [0.15, 0.2) is 0 Å². The maximum Gasteiger partial charge on any atom is 0.393 e. The highest BCUT2D eigenvalue weighted by atomic mass is 19.4. The molecule has 1 amide bonds. The van der Waals surface area contributed by atoms with Gasteiger partial charge in [0.25, 0.3) is 0 Å². The SMILES string of the molecule is Cc1cccnc1NC(=O)C(F)(F)C(F)(F)C(F)(F)C(F)F. The van der Waals surface area contributed by atoms with Crippen molar-refractivity contribution in [1.29, 1.82) is 0 Å². The second-order valence-corrected chi connectivity index (χ2v) is 4.20. The molecule has 0 aliphatic rings. The van der Waals surface area contributed by atoms with Crippen molar-refractivity contribution in [2.24, 2.45) is 0 Å². The molecule has 0 radical (unpaired) electrons. The number of carbonyl (C=O) groups excluding carboxylic acids is 1. The number of amides is 1. The van der Waals surface area contributed by atoms with Crippen molar-refractivity contribution in [2.75, 3.05) is 5.32 Å². The zero-order valence-electron chi connectivity index (χ0n) is 10.7. The number of alkyl halides is 8. The number of hydrogen-bond donors (Lipinski definition) is 1. The molecular weight excluding hydrogens is 328 g/mol. The van der Waals surface area contributed by atoms with Crippen LogP contribution in [0.15, 0.2) is 18.3 Å². The van der Waals surface area contributed by atoms with E-state index in [1.165, 1.54) is 24.4 Å². The minimum Gasteiger partial charge on any atom is -0.305 e. The monoisotopic (exact) mass is 336 g/mol. The predicted octanol–water partition coefficient (Wildman–Crippen LogP) is 3.50. The molecule has 1 heterocycles. The van der Waals surface area contributed by atoms with E-state index < -0.39 is 35.9 Å². The molecule has 0 bridgehead atoms. The largest absolute Gasteiger partial charge is 0.393 e. The van der Waals surface area contributed by atoms with Gasteiger partial charge < -0.3 is 5.32 Å². The molecule has 0 atom stereocenters. The molecular formula is C11H8F8N2O. The third-order valence-electron chi connectivity index (χ3n) is 2.61. The Morgan fingerprint density at radius 1 is 1.18 bits per heavy atom. The Kier molecular flexibility index (Phi) is 4.68. The molecule has 1 rings (SSSR count). The van der Waals surface area contributed by atoms with Crippen molar-refractivity contribution >= 4 is 11.7 Å². The quantitative estimate of drug-likeness (QED) is 0.837. The summed E-state index contributed by atoms with van der Waals surface area (Å²) in [4.78, 5) is 14.5. The Balaban J connectivity index is 3.12. The molecule has 0 fully saturated rings. The second-order valence-electron chi connectivity index (χ2n) is 4.20. The van der Waals surface area contributed by atoms with Crippen LogP contribution in [0.25, 0.3) is 0 Å². The molecule has 0 aromatic carbocycles. The van der Waals surface area contributed by atoms with Crippen molar-refractivity contribution in [3.05, 3.63) is 23.9 Å². The van der Waals surface area contributed by atoms with Gasteiger partial charge >= 0.3 is 30.1 Å². The van der Waals surface area contributed by atoms with Gasteiger partial charge in [0.2, 0.25) is 0 Å². The number of aromatic nitrogens is 1. The van der Waals surface area contributed by atoms with E-state index in [-0.39, 0.29) is 5.56 Å². The van der Waals surface area contributed by atoms with Gasteiger partial charge in [-0.2, -0.15) is 26.3 Å². The fourth-order valence-electron chi connectivity index (χ4n) is 1.29. The summed E-state index contributed by atoms with van der Waals surface area (Å²) in [5.41, 5.74) is 0.0654. The lowest BCUT2D eigenvalue weighted by molar-refractivity contribution is -0.326. The fourth-order valence-corrected chi connectivity index (χ4v) is 1.29. The highest BCUT2D eigenvalue weighted by Gasteiger charge is 2.78. The first-order chi connectivity index (χ1) is 9.85. The number of rotatable bonds is 5. The Hall–Kier alpha value is -1.94. The fraction of sp³-hybridized carbons (Fsp3) is 0.455. The third-order valence-corrected chi connectivity index (χ3v) is 2.61. The first kappa shape index (κ1) is 18.1. The van der Waals surface area contributed by atoms with Crippen molar-refractivity contribution in [2.45, 2.75) is 31.1 Å². The highest BCUT2D eigenvalue weighted by molar-refractivity contribution is 5.96. The van der Waals surface area contributed by atoms with Crippen LogP contribution in [0.3, 0.4) is 0 Å². The Morgan fingerprint density at radius 3 is 2.18 bits per heavy atom. The number of halogens is 8. The van der Waals surface area contributed by atoms with Gasteiger partial charge in [-0.25, -0.2) is 13.8 Å². The summed E-state index contributed by atoms with van der Waals surface area (Å²) in [6.45, 7) is 1.26. The van der Waals surface area contributed by atoms with Gasteiger partial charge in [-0.05, 0) is 18.6 Å². The number of nitrogens with zero attached hydrogens (tertiary/aromatic N) is 1. The van der Waals surface area contributed by atoms with Crippen LogP contribution >= 0.6 is 0 Å². The van der Waals surface area contributed by atoms with Gasteiger partial charge in [-0.15, -0.1) is 0 Å². The number of aryl methyl sites for hydroxylation is 1. The highest BCUT2D eigenvalue weighted by Crippen LogP contribution is 2.48. The van der Waals surface area contributed by atoms with Gasteiger partial charge in [0.05, 0.1) is 0 Å². The molecule has 22 heavy (non-hydrogen) atoms. The van der Waals surface area contributed by atoms with E-state index in [9.17, 15) is 39.9 Å². The smallest absolute Gasteiger partial charge is 0.305 e. The molecule has 11 heteroatoms. The summed E-state index contributed by atoms with van der Waals surface area (Å²) in [6.07, 6.45) is -4.08. The minimum absolute atomic E-state index is 0.0654. The first-order valence-corrected chi connectivity index (χ1v) is 5.50. The Bertz CT molecular complexity index is 561. The van der Waals surface area contributed by atoms with Crippen molar-refractivity contribution in [1.82, 2.24) is 4.98 Å². The van der Waals surface area contributed by atoms with Crippen LogP contribution in [0.5, 0.6) is 0 Å². The maximum absolute atomic E-state index is 13.3. The summed E-state index contributed by atoms with van der Waals surface area (Å²) < 4.78 is 102. The molecule has 1 aromatic heterocycles. The van der Waals surface area contributed by atoms with E-state index in [1.807, 2.05) is 0 Å². The van der Waals surface area contributed by atoms with Gasteiger partial charge in [-0.1, -0.05) is 6.07 Å². The number of pyridine rings is 1. The van der Waals surface area contributed by atoms with Crippen LogP contribution in [-0.4, -0.2) is 35.1 Å². The van der Waals surface area contributed by atoms with E-state index in [4.69, 9.17) is 0 Å². The zero-order chi connectivity index (χ0) is 17.3. The molecule has 0 aliphatic carbocycles. The van der Waals surface area contributed by atoms with Crippen LogP contribution < -0.4 is 5.32 Å². The van der Waals surface area contributed by atoms with E-state index in [0.717, 1.165) is 6.20 Å². The maximum atomic E-state index is 13.3. The van der Waals surface area contributed by atoms with Gasteiger partial charge in [0.1, 0.15) is 5.82 Å². The molecule has 0 unspecified atom stereocenters. The van der Waals surface area contributed by atoms with E-state index >= 15 is 0 Å². The lowest BCUT2D eigenvalue weighted by atomic mass is 10.0. The van der Waals surface area contributed by atoms with Crippen LogP contribution in [0, 0.1) is 6.92 Å². The molecule has 124 valence electrons. The summed E-state index contributed by atoms with van der Waals surface area (Å²) >= 11 is 0. The third kappa shape index (κ3) is 2.83. The molecule has 1 aromatic rings. The van der Waals surface area contributed by atoms with E-state index in [1.54, 1.807) is 0 Å². The van der Waals surface area contributed by atoms with Crippen LogP contribution in [0.2, 0.25) is 0 Å². The second kappa shape index (κ2) is 5.69. The lowest BCUT2D eigenvalue weighted by Gasteiger charge is -2.31. The van der Waals surface area contributed by atoms with E-state index in [2.05, 4.69) is 4.98 Å². The van der Waals surface area contributed by atoms with Crippen molar-refractivity contribution in [3.63, 3.8) is 0 Å². The molecule has 0 saturated carbocycles. The van der Waals surface area contributed by atoms with Crippen molar-refractivity contribution < 1.29 is 39.9 Å². The van der Waals surface area contributed by atoms with E-state index in [0.29, 0.717) is 0 Å². The van der Waals surface area contributed by atoms with Crippen LogP contribution in [-0.2, 0) is 4.79 Å². The molecule has 3 nitrogen and oxygen atoms in total. The van der Waals surface area contributed by atoms with Crippen LogP contribution in [0.1, 0.15) is 5.56 Å². The molecule has 1 N–H and O–H groups in total. The summed E-state index contributed by atoms with van der Waals surface area (Å²) in [5.74, 6) is -22.5. The molecule has 0 spiro atoms. The topological polar surface area (TPSA) is 42.0 Å². The number of hydrogen-bond acceptors (Lipinski definition) is 2. The van der Waals surface area contributed by atoms with Crippen LogP contribution in [0.4, 0.5) is 40.9 Å². The average Bonchev–Trinajstić information content (AvgIpc) is 2.40. The number of nitrogens with one attached hydrogen (secondary N) is 1. The first-order valence-electron chi connectivity index (χ1n) is 5.50. The summed E-state index contributed by atoms with van der Waals surface area (Å²) in [6, 6.07) is 2.58. The minimum atomic E-state index is -6.60. The van der Waals surface area contributed by atoms with Crippen molar-refractivity contribution in [3.8, 4) is 0 Å². The average molecular weight is 336 g/mol. The van der Waals surface area contributed by atoms with Gasteiger partial charge in [0, 0.05) is 6.20 Å².